The highest BCUT2D eigenvalue weighted by molar-refractivity contribution is 5.76. The van der Waals surface area contributed by atoms with Gasteiger partial charge in [0.05, 0.1) is 25.4 Å². The van der Waals surface area contributed by atoms with E-state index >= 15 is 0 Å². The molecule has 0 rings (SSSR count). The van der Waals surface area contributed by atoms with Gasteiger partial charge in [0.15, 0.2) is 0 Å². The quantitative estimate of drug-likeness (QED) is 0.0274. The van der Waals surface area contributed by atoms with E-state index in [1.54, 1.807) is 0 Å². The van der Waals surface area contributed by atoms with Crippen molar-refractivity contribution < 1.29 is 29.6 Å². The summed E-state index contributed by atoms with van der Waals surface area (Å²) in [6.07, 6.45) is 75.2. The molecule has 0 aliphatic carbocycles. The van der Waals surface area contributed by atoms with Crippen molar-refractivity contribution in [2.24, 2.45) is 0 Å². The zero-order valence-electron chi connectivity index (χ0n) is 50.4. The molecule has 0 radical (unpaired) electrons. The average molecular weight is 1060 g/mol. The Morgan fingerprint density at radius 1 is 0.387 bits per heavy atom. The SMILES string of the molecule is CCCCC/C=C\C/C=C\CCCCCCCC(=O)OCCCCCCCCCCCCCCCCCCCCCCCCCCCCCC(=O)N[C@@H](CO)[C@H](O)[C@H](O)CCCCCCCCCCCCCCCC. The average Bonchev–Trinajstić information content (AvgIpc) is 3.41. The Kier molecular flexibility index (Phi) is 61.7. The zero-order valence-corrected chi connectivity index (χ0v) is 50.4. The molecule has 1 amide bonds. The summed E-state index contributed by atoms with van der Waals surface area (Å²) in [6, 6.07) is -0.812. The van der Waals surface area contributed by atoms with Gasteiger partial charge in [-0.1, -0.05) is 321 Å². The highest BCUT2D eigenvalue weighted by Crippen LogP contribution is 2.19. The van der Waals surface area contributed by atoms with E-state index in [2.05, 4.69) is 43.5 Å². The molecule has 7 heteroatoms. The number of hydrogen-bond acceptors (Lipinski definition) is 6. The minimum Gasteiger partial charge on any atom is -0.466 e. The highest BCUT2D eigenvalue weighted by atomic mass is 16.5. The largest absolute Gasteiger partial charge is 0.466 e. The predicted molar refractivity (Wildman–Crippen MR) is 326 cm³/mol. The molecule has 0 fully saturated rings. The third-order valence-corrected chi connectivity index (χ3v) is 15.8. The first kappa shape index (κ1) is 73.3. The van der Waals surface area contributed by atoms with Crippen LogP contribution in [0.25, 0.3) is 0 Å². The number of hydrogen-bond donors (Lipinski definition) is 4. The smallest absolute Gasteiger partial charge is 0.305 e. The normalized spacial score (nSPS) is 13.1. The summed E-state index contributed by atoms with van der Waals surface area (Å²) < 4.78 is 5.48. The summed E-state index contributed by atoms with van der Waals surface area (Å²) in [5.74, 6) is -0.142. The molecule has 0 unspecified atom stereocenters. The summed E-state index contributed by atoms with van der Waals surface area (Å²) in [5, 5.41) is 33.8. The lowest BCUT2D eigenvalue weighted by Crippen LogP contribution is -2.50. The van der Waals surface area contributed by atoms with Gasteiger partial charge in [-0.3, -0.25) is 9.59 Å². The van der Waals surface area contributed by atoms with Gasteiger partial charge < -0.3 is 25.4 Å². The fourth-order valence-electron chi connectivity index (χ4n) is 10.7. The molecular weight excluding hydrogens is 927 g/mol. The number of aliphatic hydroxyl groups is 3. The van der Waals surface area contributed by atoms with Crippen molar-refractivity contribution in [2.75, 3.05) is 13.2 Å². The maximum Gasteiger partial charge on any atom is 0.305 e. The summed E-state index contributed by atoms with van der Waals surface area (Å²) >= 11 is 0. The van der Waals surface area contributed by atoms with Gasteiger partial charge in [-0.15, -0.1) is 0 Å². The van der Waals surface area contributed by atoms with Crippen molar-refractivity contribution >= 4 is 11.9 Å². The van der Waals surface area contributed by atoms with E-state index in [1.807, 2.05) is 0 Å². The highest BCUT2D eigenvalue weighted by Gasteiger charge is 2.27. The van der Waals surface area contributed by atoms with Crippen molar-refractivity contribution in [1.82, 2.24) is 5.32 Å². The number of nitrogens with one attached hydrogen (secondary N) is 1. The fourth-order valence-corrected chi connectivity index (χ4v) is 10.7. The molecule has 444 valence electrons. The van der Waals surface area contributed by atoms with Gasteiger partial charge in [0.2, 0.25) is 5.91 Å². The van der Waals surface area contributed by atoms with Crippen LogP contribution in [0.1, 0.15) is 367 Å². The van der Waals surface area contributed by atoms with Crippen molar-refractivity contribution in [1.29, 1.82) is 0 Å². The summed E-state index contributed by atoms with van der Waals surface area (Å²) in [5.41, 5.74) is 0. The molecule has 7 nitrogen and oxygen atoms in total. The summed E-state index contributed by atoms with van der Waals surface area (Å²) in [7, 11) is 0. The van der Waals surface area contributed by atoms with Crippen molar-refractivity contribution in [3.8, 4) is 0 Å². The monoisotopic (exact) mass is 1060 g/mol. The maximum atomic E-state index is 12.5. The van der Waals surface area contributed by atoms with Crippen LogP contribution in [0, 0.1) is 0 Å². The molecule has 75 heavy (non-hydrogen) atoms. The van der Waals surface area contributed by atoms with Crippen LogP contribution < -0.4 is 5.32 Å². The third-order valence-electron chi connectivity index (χ3n) is 15.8. The molecular formula is C68H131NO6. The van der Waals surface area contributed by atoms with Crippen molar-refractivity contribution in [3.05, 3.63) is 24.3 Å². The Morgan fingerprint density at radius 2 is 0.693 bits per heavy atom. The van der Waals surface area contributed by atoms with Gasteiger partial charge in [0.25, 0.3) is 0 Å². The predicted octanol–water partition coefficient (Wildman–Crippen LogP) is 20.3. The summed E-state index contributed by atoms with van der Waals surface area (Å²) in [6.45, 7) is 4.76. The molecule has 4 N–H and O–H groups in total. The van der Waals surface area contributed by atoms with Crippen LogP contribution in [-0.2, 0) is 14.3 Å². The standard InChI is InChI=1S/C68H131NO6/c1-3-5-7-9-11-13-15-17-32-37-41-45-49-53-57-61-67(73)75-62-58-54-50-46-42-38-34-31-29-27-25-23-21-19-20-22-24-26-28-30-33-36-40-44-48-52-56-60-66(72)69-64(63-70)68(74)65(71)59-55-51-47-43-39-35-18-16-14-12-10-8-6-4-2/h11,13,17,32,64-65,68,70-71,74H,3-10,12,14-16,18-31,33-63H2,1-2H3,(H,69,72)/b13-11-,32-17-/t64-,65+,68-/m0/s1. The molecule has 0 saturated heterocycles. The van der Waals surface area contributed by atoms with E-state index in [-0.39, 0.29) is 18.5 Å². The number of amides is 1. The Hall–Kier alpha value is -1.70. The Bertz CT molecular complexity index is 1190. The first-order valence-electron chi connectivity index (χ1n) is 33.7. The number of rotatable bonds is 63. The summed E-state index contributed by atoms with van der Waals surface area (Å²) in [4.78, 5) is 24.6. The van der Waals surface area contributed by atoms with Crippen LogP contribution in [0.2, 0.25) is 0 Å². The van der Waals surface area contributed by atoms with Crippen LogP contribution in [0.15, 0.2) is 24.3 Å². The molecule has 0 aromatic heterocycles. The lowest BCUT2D eigenvalue weighted by Gasteiger charge is -2.26. The van der Waals surface area contributed by atoms with Gasteiger partial charge >= 0.3 is 5.97 Å². The lowest BCUT2D eigenvalue weighted by molar-refractivity contribution is -0.143. The molecule has 0 saturated carbocycles. The molecule has 3 atom stereocenters. The van der Waals surface area contributed by atoms with Gasteiger partial charge in [-0.05, 0) is 57.8 Å². The Morgan fingerprint density at radius 3 is 1.08 bits per heavy atom. The topological polar surface area (TPSA) is 116 Å². The van der Waals surface area contributed by atoms with Gasteiger partial charge in [0.1, 0.15) is 6.10 Å². The molecule has 0 aliphatic heterocycles. The van der Waals surface area contributed by atoms with Crippen LogP contribution in [0.3, 0.4) is 0 Å². The molecule has 0 aromatic rings. The molecule has 0 aromatic carbocycles. The van der Waals surface area contributed by atoms with Crippen molar-refractivity contribution in [2.45, 2.75) is 385 Å². The van der Waals surface area contributed by atoms with Gasteiger partial charge in [0, 0.05) is 12.8 Å². The molecule has 0 bridgehead atoms. The number of carbonyl (C=O) groups is 2. The second-order valence-electron chi connectivity index (χ2n) is 23.3. The second-order valence-corrected chi connectivity index (χ2v) is 23.3. The number of aliphatic hydroxyl groups excluding tert-OH is 3. The van der Waals surface area contributed by atoms with E-state index < -0.39 is 18.2 Å². The van der Waals surface area contributed by atoms with E-state index in [4.69, 9.17) is 4.74 Å². The number of esters is 1. The Labute approximate surface area is 467 Å². The second kappa shape index (κ2) is 63.1. The van der Waals surface area contributed by atoms with Crippen LogP contribution in [0.5, 0.6) is 0 Å². The maximum absolute atomic E-state index is 12.5. The number of carbonyl (C=O) groups excluding carboxylic acids is 2. The van der Waals surface area contributed by atoms with Crippen molar-refractivity contribution in [3.63, 3.8) is 0 Å². The van der Waals surface area contributed by atoms with Crippen LogP contribution >= 0.6 is 0 Å². The Balaban J connectivity index is 3.39. The molecule has 0 aliphatic rings. The van der Waals surface area contributed by atoms with Gasteiger partial charge in [-0.2, -0.15) is 0 Å². The zero-order chi connectivity index (χ0) is 54.4. The van der Waals surface area contributed by atoms with E-state index in [1.165, 1.54) is 270 Å². The minimum absolute atomic E-state index is 0.00151. The first-order valence-corrected chi connectivity index (χ1v) is 33.7. The van der Waals surface area contributed by atoms with E-state index in [9.17, 15) is 24.9 Å². The molecule has 0 spiro atoms. The van der Waals surface area contributed by atoms with Crippen LogP contribution in [-0.4, -0.2) is 58.7 Å². The first-order chi connectivity index (χ1) is 37.0. The number of ether oxygens (including phenoxy) is 1. The van der Waals surface area contributed by atoms with Gasteiger partial charge in [-0.25, -0.2) is 0 Å². The lowest BCUT2D eigenvalue weighted by atomic mass is 9.99. The molecule has 0 heterocycles. The minimum atomic E-state index is -1.14. The number of allylic oxidation sites excluding steroid dienone is 4. The third kappa shape index (κ3) is 58.3. The van der Waals surface area contributed by atoms with E-state index in [0.29, 0.717) is 25.9 Å². The van der Waals surface area contributed by atoms with Crippen LogP contribution in [0.4, 0.5) is 0 Å². The number of unbranched alkanes of at least 4 members (excludes halogenated alkanes) is 47. The fraction of sp³-hybridized carbons (Fsp3) is 0.912. The van der Waals surface area contributed by atoms with E-state index in [0.717, 1.165) is 64.2 Å².